The zero-order valence-electron chi connectivity index (χ0n) is 9.18. The zero-order valence-corrected chi connectivity index (χ0v) is 10.00. The minimum Gasteiger partial charge on any atom is -0.300 e. The molecule has 0 spiro atoms. The highest BCUT2D eigenvalue weighted by Gasteiger charge is 2.24. The Morgan fingerprint density at radius 2 is 2.19 bits per heavy atom. The van der Waals surface area contributed by atoms with E-state index in [-0.39, 0.29) is 0 Å². The maximum atomic E-state index is 4.50. The lowest BCUT2D eigenvalue weighted by Crippen LogP contribution is -2.14. The summed E-state index contributed by atoms with van der Waals surface area (Å²) < 4.78 is 0. The van der Waals surface area contributed by atoms with Crippen LogP contribution < -0.4 is 5.32 Å². The van der Waals surface area contributed by atoms with Gasteiger partial charge in [-0.2, -0.15) is 0 Å². The van der Waals surface area contributed by atoms with Crippen LogP contribution in [-0.4, -0.2) is 16.8 Å². The molecule has 0 amide bonds. The van der Waals surface area contributed by atoms with E-state index in [0.717, 1.165) is 12.1 Å². The fraction of sp³-hybridized carbons (Fsp3) is 0.308. The molecule has 16 heavy (non-hydrogen) atoms. The minimum atomic E-state index is 0.397. The van der Waals surface area contributed by atoms with Crippen LogP contribution in [0.1, 0.15) is 17.9 Å². The highest BCUT2D eigenvalue weighted by atomic mass is 32.2. The van der Waals surface area contributed by atoms with Gasteiger partial charge in [-0.25, -0.2) is 0 Å². The summed E-state index contributed by atoms with van der Waals surface area (Å²) in [6, 6.07) is 10.5. The topological polar surface area (TPSA) is 24.9 Å². The molecule has 0 aliphatic carbocycles. The van der Waals surface area contributed by atoms with E-state index in [0.29, 0.717) is 10.6 Å². The Bertz CT molecular complexity index is 507. The van der Waals surface area contributed by atoms with Crippen LogP contribution in [0.25, 0.3) is 10.9 Å². The van der Waals surface area contributed by atoms with Crippen molar-refractivity contribution < 1.29 is 0 Å². The predicted octanol–water partition coefficient (Wildman–Crippen LogP) is 2.96. The normalized spacial score (nSPS) is 25.1. The number of nitrogens with zero attached hydrogens (tertiary/aromatic N) is 1. The SMILES string of the molecule is CC1CNC(c2cccc3cccnc23)S1. The van der Waals surface area contributed by atoms with E-state index in [9.17, 15) is 0 Å². The summed E-state index contributed by atoms with van der Waals surface area (Å²) in [5, 5.41) is 5.84. The zero-order chi connectivity index (χ0) is 11.0. The lowest BCUT2D eigenvalue weighted by molar-refractivity contribution is 0.720. The average molecular weight is 230 g/mol. The van der Waals surface area contributed by atoms with E-state index in [1.54, 1.807) is 0 Å². The lowest BCUT2D eigenvalue weighted by atomic mass is 10.1. The standard InChI is InChI=1S/C13H14N2S/c1-9-8-15-13(16-9)11-6-2-4-10-5-3-7-14-12(10)11/h2-7,9,13,15H,8H2,1H3. The molecule has 1 N–H and O–H groups in total. The van der Waals surface area contributed by atoms with Crippen LogP contribution in [0.2, 0.25) is 0 Å². The van der Waals surface area contributed by atoms with E-state index in [1.165, 1.54) is 10.9 Å². The molecule has 2 nitrogen and oxygen atoms in total. The van der Waals surface area contributed by atoms with Gasteiger partial charge in [0.1, 0.15) is 0 Å². The van der Waals surface area contributed by atoms with Crippen LogP contribution in [0.15, 0.2) is 36.5 Å². The summed E-state index contributed by atoms with van der Waals surface area (Å²) in [4.78, 5) is 4.50. The third-order valence-corrected chi connectivity index (χ3v) is 4.23. The smallest absolute Gasteiger partial charge is 0.0814 e. The van der Waals surface area contributed by atoms with Gasteiger partial charge in [-0.05, 0) is 6.07 Å². The molecule has 3 rings (SSSR count). The number of para-hydroxylation sites is 1. The number of aromatic nitrogens is 1. The molecule has 3 heteroatoms. The van der Waals surface area contributed by atoms with E-state index >= 15 is 0 Å². The van der Waals surface area contributed by atoms with Crippen molar-refractivity contribution in [3.8, 4) is 0 Å². The molecule has 0 saturated carbocycles. The van der Waals surface area contributed by atoms with Gasteiger partial charge in [0, 0.05) is 28.9 Å². The Labute approximate surface area is 99.5 Å². The lowest BCUT2D eigenvalue weighted by Gasteiger charge is -2.12. The van der Waals surface area contributed by atoms with Crippen LogP contribution in [0, 0.1) is 0 Å². The molecule has 1 aliphatic heterocycles. The molecule has 1 aromatic carbocycles. The van der Waals surface area contributed by atoms with Crippen LogP contribution in [0.5, 0.6) is 0 Å². The molecule has 1 aromatic heterocycles. The Kier molecular flexibility index (Phi) is 2.58. The molecule has 0 bridgehead atoms. The van der Waals surface area contributed by atoms with Gasteiger partial charge in [0.2, 0.25) is 0 Å². The van der Waals surface area contributed by atoms with Gasteiger partial charge in [0.25, 0.3) is 0 Å². The summed E-state index contributed by atoms with van der Waals surface area (Å²) in [5.41, 5.74) is 2.44. The Morgan fingerprint density at radius 1 is 1.31 bits per heavy atom. The number of pyridine rings is 1. The minimum absolute atomic E-state index is 0.397. The molecule has 2 unspecified atom stereocenters. The molecule has 2 atom stereocenters. The van der Waals surface area contributed by atoms with E-state index in [2.05, 4.69) is 41.5 Å². The highest BCUT2D eigenvalue weighted by Crippen LogP contribution is 2.37. The second-order valence-electron chi connectivity index (χ2n) is 4.16. The fourth-order valence-corrected chi connectivity index (χ4v) is 3.31. The maximum absolute atomic E-state index is 4.50. The first kappa shape index (κ1) is 10.1. The van der Waals surface area contributed by atoms with Crippen molar-refractivity contribution in [2.45, 2.75) is 17.5 Å². The van der Waals surface area contributed by atoms with E-state index in [4.69, 9.17) is 0 Å². The van der Waals surface area contributed by atoms with Crippen LogP contribution >= 0.6 is 11.8 Å². The number of rotatable bonds is 1. The summed E-state index contributed by atoms with van der Waals surface area (Å²) in [7, 11) is 0. The van der Waals surface area contributed by atoms with Crippen molar-refractivity contribution in [3.63, 3.8) is 0 Å². The number of benzene rings is 1. The van der Waals surface area contributed by atoms with E-state index < -0.39 is 0 Å². The molecule has 1 saturated heterocycles. The van der Waals surface area contributed by atoms with Gasteiger partial charge < -0.3 is 5.32 Å². The summed E-state index contributed by atoms with van der Waals surface area (Å²) >= 11 is 1.98. The molecular weight excluding hydrogens is 216 g/mol. The second kappa shape index (κ2) is 4.07. The largest absolute Gasteiger partial charge is 0.300 e. The molecule has 2 heterocycles. The molecule has 1 aliphatic rings. The maximum Gasteiger partial charge on any atom is 0.0814 e. The summed E-state index contributed by atoms with van der Waals surface area (Å²) in [6.45, 7) is 3.34. The van der Waals surface area contributed by atoms with Gasteiger partial charge in [-0.3, -0.25) is 4.98 Å². The highest BCUT2D eigenvalue weighted by molar-refractivity contribution is 8.00. The van der Waals surface area contributed by atoms with Gasteiger partial charge in [0.15, 0.2) is 0 Å². The second-order valence-corrected chi connectivity index (χ2v) is 5.71. The van der Waals surface area contributed by atoms with Crippen molar-refractivity contribution in [2.24, 2.45) is 0 Å². The third kappa shape index (κ3) is 1.70. The quantitative estimate of drug-likeness (QED) is 0.815. The van der Waals surface area contributed by atoms with Crippen molar-refractivity contribution in [1.29, 1.82) is 0 Å². The molecule has 0 radical (unpaired) electrons. The van der Waals surface area contributed by atoms with Crippen LogP contribution in [0.3, 0.4) is 0 Å². The molecular formula is C13H14N2S. The first-order chi connectivity index (χ1) is 7.84. The Morgan fingerprint density at radius 3 is 3.00 bits per heavy atom. The number of thioether (sulfide) groups is 1. The van der Waals surface area contributed by atoms with Crippen LogP contribution in [-0.2, 0) is 0 Å². The summed E-state index contributed by atoms with van der Waals surface area (Å²) in [6.07, 6.45) is 1.87. The monoisotopic (exact) mass is 230 g/mol. The molecule has 82 valence electrons. The van der Waals surface area contributed by atoms with Gasteiger partial charge >= 0.3 is 0 Å². The number of nitrogens with one attached hydrogen (secondary N) is 1. The molecule has 2 aromatic rings. The number of hydrogen-bond acceptors (Lipinski definition) is 3. The Hall–Kier alpha value is -1.06. The van der Waals surface area contributed by atoms with Crippen molar-refractivity contribution in [3.05, 3.63) is 42.1 Å². The predicted molar refractivity (Wildman–Crippen MR) is 69.5 cm³/mol. The average Bonchev–Trinajstić information content (AvgIpc) is 2.75. The van der Waals surface area contributed by atoms with Crippen LogP contribution in [0.4, 0.5) is 0 Å². The third-order valence-electron chi connectivity index (χ3n) is 2.91. The van der Waals surface area contributed by atoms with Gasteiger partial charge in [-0.15, -0.1) is 11.8 Å². The Balaban J connectivity index is 2.09. The van der Waals surface area contributed by atoms with Crippen molar-refractivity contribution >= 4 is 22.7 Å². The summed E-state index contributed by atoms with van der Waals surface area (Å²) in [5.74, 6) is 0. The van der Waals surface area contributed by atoms with Gasteiger partial charge in [-0.1, -0.05) is 31.2 Å². The van der Waals surface area contributed by atoms with Crippen molar-refractivity contribution in [1.82, 2.24) is 10.3 Å². The molecule has 1 fully saturated rings. The number of fused-ring (bicyclic) bond motifs is 1. The fourth-order valence-electron chi connectivity index (χ4n) is 2.12. The first-order valence-corrected chi connectivity index (χ1v) is 6.51. The first-order valence-electron chi connectivity index (χ1n) is 5.57. The van der Waals surface area contributed by atoms with Crippen molar-refractivity contribution in [2.75, 3.05) is 6.54 Å². The van der Waals surface area contributed by atoms with E-state index in [1.807, 2.05) is 24.0 Å². The number of hydrogen-bond donors (Lipinski definition) is 1. The van der Waals surface area contributed by atoms with Gasteiger partial charge in [0.05, 0.1) is 10.9 Å².